The summed E-state index contributed by atoms with van der Waals surface area (Å²) >= 11 is 1.21. The van der Waals surface area contributed by atoms with Gasteiger partial charge < -0.3 is 10.6 Å². The van der Waals surface area contributed by atoms with Crippen molar-refractivity contribution in [1.29, 1.82) is 0 Å². The molecular formula is C14H13N5OS. The Morgan fingerprint density at radius 2 is 2.05 bits per heavy atom. The van der Waals surface area contributed by atoms with Gasteiger partial charge in [-0.3, -0.25) is 9.78 Å². The lowest BCUT2D eigenvalue weighted by molar-refractivity contribution is 0.102. The van der Waals surface area contributed by atoms with Crippen LogP contribution in [0.15, 0.2) is 30.3 Å². The van der Waals surface area contributed by atoms with Gasteiger partial charge in [0.05, 0.1) is 11.2 Å². The Morgan fingerprint density at radius 1 is 1.24 bits per heavy atom. The van der Waals surface area contributed by atoms with Gasteiger partial charge in [-0.2, -0.15) is 0 Å². The first-order chi connectivity index (χ1) is 10.2. The molecule has 0 unspecified atom stereocenters. The number of anilines is 2. The lowest BCUT2D eigenvalue weighted by Gasteiger charge is -2.08. The van der Waals surface area contributed by atoms with Gasteiger partial charge in [0.25, 0.3) is 5.91 Å². The van der Waals surface area contributed by atoms with E-state index in [1.165, 1.54) is 11.3 Å². The second kappa shape index (κ2) is 5.45. The first-order valence-electron chi connectivity index (χ1n) is 6.36. The average molecular weight is 299 g/mol. The molecule has 3 aromatic rings. The third-order valence-corrected chi connectivity index (χ3v) is 3.87. The Balaban J connectivity index is 1.95. The van der Waals surface area contributed by atoms with E-state index in [2.05, 4.69) is 25.8 Å². The predicted octanol–water partition coefficient (Wildman–Crippen LogP) is 2.69. The molecule has 0 aliphatic carbocycles. The number of fused-ring (bicyclic) bond motifs is 1. The molecule has 2 heterocycles. The van der Waals surface area contributed by atoms with Crippen molar-refractivity contribution in [3.05, 3.63) is 41.0 Å². The highest BCUT2D eigenvalue weighted by Gasteiger charge is 2.14. The first kappa shape index (κ1) is 13.4. The Hall–Kier alpha value is -2.54. The maximum atomic E-state index is 12.2. The molecule has 6 nitrogen and oxygen atoms in total. The van der Waals surface area contributed by atoms with Crippen LogP contribution in [0, 0.1) is 6.92 Å². The minimum atomic E-state index is -0.273. The molecule has 0 radical (unpaired) electrons. The van der Waals surface area contributed by atoms with E-state index in [0.29, 0.717) is 10.1 Å². The van der Waals surface area contributed by atoms with E-state index in [0.717, 1.165) is 22.3 Å². The molecule has 0 bridgehead atoms. The molecule has 21 heavy (non-hydrogen) atoms. The molecule has 1 aromatic carbocycles. The maximum Gasteiger partial charge on any atom is 0.286 e. The molecule has 2 aromatic heterocycles. The van der Waals surface area contributed by atoms with Gasteiger partial charge in [0, 0.05) is 18.1 Å². The molecule has 0 saturated carbocycles. The first-order valence-corrected chi connectivity index (χ1v) is 7.18. The number of nitrogens with one attached hydrogen (secondary N) is 2. The highest BCUT2D eigenvalue weighted by atomic mass is 32.1. The van der Waals surface area contributed by atoms with Gasteiger partial charge in [-0.1, -0.05) is 29.5 Å². The third-order valence-electron chi connectivity index (χ3n) is 2.93. The van der Waals surface area contributed by atoms with Crippen molar-refractivity contribution in [2.45, 2.75) is 6.92 Å². The Labute approximate surface area is 125 Å². The van der Waals surface area contributed by atoms with Crippen LogP contribution in [-0.4, -0.2) is 28.1 Å². The van der Waals surface area contributed by atoms with Crippen LogP contribution in [0.2, 0.25) is 0 Å². The summed E-state index contributed by atoms with van der Waals surface area (Å²) in [6.45, 7) is 1.89. The van der Waals surface area contributed by atoms with E-state index in [1.54, 1.807) is 7.05 Å². The summed E-state index contributed by atoms with van der Waals surface area (Å²) in [6, 6.07) is 9.53. The van der Waals surface area contributed by atoms with E-state index in [9.17, 15) is 4.79 Å². The zero-order valence-corrected chi connectivity index (χ0v) is 12.4. The number of nitrogens with zero attached hydrogens (tertiary/aromatic N) is 3. The topological polar surface area (TPSA) is 79.8 Å². The van der Waals surface area contributed by atoms with E-state index >= 15 is 0 Å². The quantitative estimate of drug-likeness (QED) is 0.777. The van der Waals surface area contributed by atoms with Crippen LogP contribution in [0.1, 0.15) is 15.5 Å². The van der Waals surface area contributed by atoms with E-state index in [1.807, 2.05) is 37.3 Å². The van der Waals surface area contributed by atoms with Gasteiger partial charge in [-0.15, -0.1) is 10.2 Å². The van der Waals surface area contributed by atoms with Gasteiger partial charge in [0.15, 0.2) is 0 Å². The summed E-state index contributed by atoms with van der Waals surface area (Å²) in [5.41, 5.74) is 2.42. The number of pyridine rings is 1. The molecule has 3 rings (SSSR count). The smallest absolute Gasteiger partial charge is 0.286 e. The van der Waals surface area contributed by atoms with E-state index < -0.39 is 0 Å². The number of amides is 1. The van der Waals surface area contributed by atoms with Crippen LogP contribution in [0.3, 0.4) is 0 Å². The van der Waals surface area contributed by atoms with Crippen LogP contribution in [-0.2, 0) is 0 Å². The fraction of sp³-hybridized carbons (Fsp3) is 0.143. The van der Waals surface area contributed by atoms with Gasteiger partial charge in [-0.25, -0.2) is 0 Å². The predicted molar refractivity (Wildman–Crippen MR) is 83.9 cm³/mol. The van der Waals surface area contributed by atoms with Crippen LogP contribution < -0.4 is 10.6 Å². The number of aromatic nitrogens is 3. The average Bonchev–Trinajstić information content (AvgIpc) is 2.96. The SMILES string of the molecule is CNc1nnc(C(=O)Nc2cc(C)nc3ccccc23)s1. The van der Waals surface area contributed by atoms with Gasteiger partial charge in [-0.05, 0) is 19.1 Å². The number of carbonyl (C=O) groups excluding carboxylic acids is 1. The Bertz CT molecular complexity index is 814. The molecule has 106 valence electrons. The van der Waals surface area contributed by atoms with Crippen molar-refractivity contribution in [1.82, 2.24) is 15.2 Å². The van der Waals surface area contributed by atoms with Gasteiger partial charge in [0.1, 0.15) is 0 Å². The summed E-state index contributed by atoms with van der Waals surface area (Å²) in [7, 11) is 1.74. The van der Waals surface area contributed by atoms with Crippen molar-refractivity contribution < 1.29 is 4.79 Å². The lowest BCUT2D eigenvalue weighted by Crippen LogP contribution is -2.12. The maximum absolute atomic E-state index is 12.2. The molecule has 0 saturated heterocycles. The summed E-state index contributed by atoms with van der Waals surface area (Å²) in [5.74, 6) is -0.273. The van der Waals surface area contributed by atoms with Crippen molar-refractivity contribution in [3.8, 4) is 0 Å². The summed E-state index contributed by atoms with van der Waals surface area (Å²) in [4.78, 5) is 16.7. The Kier molecular flexibility index (Phi) is 3.49. The third kappa shape index (κ3) is 2.68. The Morgan fingerprint density at radius 3 is 2.81 bits per heavy atom. The van der Waals surface area contributed by atoms with Crippen LogP contribution in [0.25, 0.3) is 10.9 Å². The van der Waals surface area contributed by atoms with Crippen molar-refractivity contribution in [2.24, 2.45) is 0 Å². The fourth-order valence-corrected chi connectivity index (χ4v) is 2.60. The number of hydrogen-bond donors (Lipinski definition) is 2. The normalized spacial score (nSPS) is 10.6. The molecule has 0 spiro atoms. The number of rotatable bonds is 3. The summed E-state index contributed by atoms with van der Waals surface area (Å²) in [6.07, 6.45) is 0. The van der Waals surface area contributed by atoms with Crippen LogP contribution in [0.5, 0.6) is 0 Å². The second-order valence-electron chi connectivity index (χ2n) is 4.44. The monoisotopic (exact) mass is 299 g/mol. The zero-order chi connectivity index (χ0) is 14.8. The highest BCUT2D eigenvalue weighted by Crippen LogP contribution is 2.24. The second-order valence-corrected chi connectivity index (χ2v) is 5.42. The number of hydrogen-bond acceptors (Lipinski definition) is 6. The summed E-state index contributed by atoms with van der Waals surface area (Å²) in [5, 5.41) is 15.3. The molecule has 0 atom stereocenters. The number of para-hydroxylation sites is 1. The van der Waals surface area contributed by atoms with Crippen molar-refractivity contribution in [2.75, 3.05) is 17.7 Å². The number of benzene rings is 1. The lowest BCUT2D eigenvalue weighted by atomic mass is 10.1. The zero-order valence-electron chi connectivity index (χ0n) is 11.5. The minimum Gasteiger partial charge on any atom is -0.363 e. The molecule has 0 fully saturated rings. The number of carbonyl (C=O) groups is 1. The number of aryl methyl sites for hydroxylation is 1. The van der Waals surface area contributed by atoms with Gasteiger partial charge >= 0.3 is 0 Å². The molecule has 0 aliphatic heterocycles. The van der Waals surface area contributed by atoms with Crippen LogP contribution in [0.4, 0.5) is 10.8 Å². The van der Waals surface area contributed by atoms with E-state index in [-0.39, 0.29) is 5.91 Å². The molecule has 0 aliphatic rings. The van der Waals surface area contributed by atoms with E-state index in [4.69, 9.17) is 0 Å². The fourth-order valence-electron chi connectivity index (χ4n) is 2.00. The standard InChI is InChI=1S/C14H13N5OS/c1-8-7-11(9-5-3-4-6-10(9)16-8)17-12(20)13-18-19-14(15-2)21-13/h3-7H,1-2H3,(H,15,19)(H,16,17,20). The van der Waals surface area contributed by atoms with Gasteiger partial charge in [0.2, 0.25) is 10.1 Å². The molecular weight excluding hydrogens is 286 g/mol. The largest absolute Gasteiger partial charge is 0.363 e. The minimum absolute atomic E-state index is 0.273. The molecule has 7 heteroatoms. The summed E-state index contributed by atoms with van der Waals surface area (Å²) < 4.78 is 0. The highest BCUT2D eigenvalue weighted by molar-refractivity contribution is 7.17. The van der Waals surface area contributed by atoms with Crippen molar-refractivity contribution in [3.63, 3.8) is 0 Å². The molecule has 2 N–H and O–H groups in total. The van der Waals surface area contributed by atoms with Crippen LogP contribution >= 0.6 is 11.3 Å². The van der Waals surface area contributed by atoms with Crippen molar-refractivity contribution >= 4 is 39.0 Å². The molecule has 1 amide bonds.